The van der Waals surface area contributed by atoms with Crippen LogP contribution in [0.4, 0.5) is 4.79 Å². The SMILES string of the molecule is C#CC(CC(N)=O)NC(=O)C1CCN1C(=O)O. The first kappa shape index (κ1) is 12.8. The number of terminal acetylenes is 1. The number of rotatable bonds is 4. The lowest BCUT2D eigenvalue weighted by molar-refractivity contribution is -0.130. The molecule has 0 radical (unpaired) electrons. The van der Waals surface area contributed by atoms with E-state index in [9.17, 15) is 14.4 Å². The molecule has 0 bridgehead atoms. The molecule has 0 aliphatic carbocycles. The molecule has 92 valence electrons. The Kier molecular flexibility index (Phi) is 3.93. The monoisotopic (exact) mass is 239 g/mol. The minimum absolute atomic E-state index is 0.165. The normalized spacial score (nSPS) is 19.7. The molecule has 0 saturated carbocycles. The molecule has 7 heteroatoms. The highest BCUT2D eigenvalue weighted by Crippen LogP contribution is 2.17. The van der Waals surface area contributed by atoms with E-state index in [0.717, 1.165) is 4.90 Å². The lowest BCUT2D eigenvalue weighted by Gasteiger charge is -2.37. The average Bonchev–Trinajstić information content (AvgIpc) is 2.12. The van der Waals surface area contributed by atoms with E-state index in [4.69, 9.17) is 17.3 Å². The van der Waals surface area contributed by atoms with Crippen molar-refractivity contribution in [3.05, 3.63) is 0 Å². The standard InChI is InChI=1S/C10H13N3O4/c1-2-6(5-8(11)14)12-9(15)7-3-4-13(7)10(16)17/h1,6-7H,3-5H2,(H2,11,14)(H,12,15)(H,16,17). The zero-order valence-corrected chi connectivity index (χ0v) is 9.05. The maximum Gasteiger partial charge on any atom is 0.407 e. The molecular weight excluding hydrogens is 226 g/mol. The van der Waals surface area contributed by atoms with Gasteiger partial charge in [0.2, 0.25) is 11.8 Å². The fourth-order valence-electron chi connectivity index (χ4n) is 1.51. The number of hydrogen-bond acceptors (Lipinski definition) is 3. The Morgan fingerprint density at radius 2 is 2.24 bits per heavy atom. The van der Waals surface area contributed by atoms with Crippen molar-refractivity contribution in [2.24, 2.45) is 5.73 Å². The van der Waals surface area contributed by atoms with Gasteiger partial charge in [-0.2, -0.15) is 0 Å². The van der Waals surface area contributed by atoms with Crippen LogP contribution in [-0.2, 0) is 9.59 Å². The number of nitrogens with one attached hydrogen (secondary N) is 1. The van der Waals surface area contributed by atoms with Crippen molar-refractivity contribution >= 4 is 17.9 Å². The van der Waals surface area contributed by atoms with Crippen LogP contribution < -0.4 is 11.1 Å². The summed E-state index contributed by atoms with van der Waals surface area (Å²) in [5, 5.41) is 11.1. The molecule has 3 amide bonds. The Balaban J connectivity index is 2.51. The number of nitrogens with two attached hydrogens (primary N) is 1. The van der Waals surface area contributed by atoms with Crippen molar-refractivity contribution in [2.45, 2.75) is 24.9 Å². The molecule has 1 saturated heterocycles. The molecule has 0 aromatic rings. The Bertz CT molecular complexity index is 388. The Hall–Kier alpha value is -2.23. The molecule has 0 aromatic carbocycles. The van der Waals surface area contributed by atoms with Crippen molar-refractivity contribution in [1.29, 1.82) is 0 Å². The number of amides is 3. The van der Waals surface area contributed by atoms with Crippen LogP contribution in [0.1, 0.15) is 12.8 Å². The first-order chi connectivity index (χ1) is 7.95. The highest BCUT2D eigenvalue weighted by atomic mass is 16.4. The predicted molar refractivity (Wildman–Crippen MR) is 57.7 cm³/mol. The molecule has 1 aliphatic rings. The highest BCUT2D eigenvalue weighted by Gasteiger charge is 2.38. The van der Waals surface area contributed by atoms with E-state index in [1.807, 2.05) is 0 Å². The zero-order valence-electron chi connectivity index (χ0n) is 9.05. The Morgan fingerprint density at radius 3 is 2.59 bits per heavy atom. The largest absolute Gasteiger partial charge is 0.465 e. The average molecular weight is 239 g/mol. The smallest absolute Gasteiger partial charge is 0.407 e. The molecule has 2 unspecified atom stereocenters. The number of primary amides is 1. The van der Waals surface area contributed by atoms with Crippen LogP contribution in [0.2, 0.25) is 0 Å². The summed E-state index contributed by atoms with van der Waals surface area (Å²) in [6.45, 7) is 0.323. The van der Waals surface area contributed by atoms with Crippen molar-refractivity contribution in [3.63, 3.8) is 0 Å². The number of likely N-dealkylation sites (tertiary alicyclic amines) is 1. The van der Waals surface area contributed by atoms with E-state index in [2.05, 4.69) is 11.2 Å². The maximum atomic E-state index is 11.6. The summed E-state index contributed by atoms with van der Waals surface area (Å²) in [4.78, 5) is 33.9. The van der Waals surface area contributed by atoms with E-state index in [1.165, 1.54) is 0 Å². The second-order valence-electron chi connectivity index (χ2n) is 3.68. The van der Waals surface area contributed by atoms with Crippen molar-refractivity contribution in [1.82, 2.24) is 10.2 Å². The van der Waals surface area contributed by atoms with Gasteiger partial charge in [0, 0.05) is 6.54 Å². The van der Waals surface area contributed by atoms with Crippen molar-refractivity contribution < 1.29 is 19.5 Å². The van der Waals surface area contributed by atoms with Gasteiger partial charge in [-0.3, -0.25) is 14.5 Å². The summed E-state index contributed by atoms with van der Waals surface area (Å²) in [5.41, 5.74) is 4.95. The molecule has 0 aromatic heterocycles. The second kappa shape index (κ2) is 5.21. The molecule has 0 spiro atoms. The molecule has 1 aliphatic heterocycles. The third-order valence-electron chi connectivity index (χ3n) is 2.49. The summed E-state index contributed by atoms with van der Waals surface area (Å²) >= 11 is 0. The summed E-state index contributed by atoms with van der Waals surface area (Å²) in [6.07, 6.45) is 4.26. The maximum absolute atomic E-state index is 11.6. The third-order valence-corrected chi connectivity index (χ3v) is 2.49. The van der Waals surface area contributed by atoms with Gasteiger partial charge in [0.25, 0.3) is 0 Å². The van der Waals surface area contributed by atoms with Gasteiger partial charge in [-0.1, -0.05) is 5.92 Å². The molecule has 1 fully saturated rings. The van der Waals surface area contributed by atoms with Gasteiger partial charge in [0.15, 0.2) is 0 Å². The first-order valence-electron chi connectivity index (χ1n) is 5.00. The molecule has 1 heterocycles. The molecule has 17 heavy (non-hydrogen) atoms. The summed E-state index contributed by atoms with van der Waals surface area (Å²) in [5.74, 6) is 1.09. The van der Waals surface area contributed by atoms with E-state index in [0.29, 0.717) is 13.0 Å². The highest BCUT2D eigenvalue weighted by molar-refractivity contribution is 5.87. The molecule has 7 nitrogen and oxygen atoms in total. The van der Waals surface area contributed by atoms with Gasteiger partial charge in [0.05, 0.1) is 12.5 Å². The number of carbonyl (C=O) groups is 3. The first-order valence-corrected chi connectivity index (χ1v) is 5.00. The number of carbonyl (C=O) groups excluding carboxylic acids is 2. The molecule has 2 atom stereocenters. The van der Waals surface area contributed by atoms with Crippen LogP contribution in [0.15, 0.2) is 0 Å². The Morgan fingerprint density at radius 1 is 1.59 bits per heavy atom. The fourth-order valence-corrected chi connectivity index (χ4v) is 1.51. The lowest BCUT2D eigenvalue weighted by atomic mass is 10.0. The third kappa shape index (κ3) is 3.11. The van der Waals surface area contributed by atoms with Crippen LogP contribution >= 0.6 is 0 Å². The van der Waals surface area contributed by atoms with Gasteiger partial charge in [-0.05, 0) is 6.42 Å². The van der Waals surface area contributed by atoms with Gasteiger partial charge < -0.3 is 16.2 Å². The minimum atomic E-state index is -1.15. The minimum Gasteiger partial charge on any atom is -0.465 e. The van der Waals surface area contributed by atoms with Crippen LogP contribution in [-0.4, -0.2) is 46.5 Å². The van der Waals surface area contributed by atoms with Crippen molar-refractivity contribution in [2.75, 3.05) is 6.54 Å². The van der Waals surface area contributed by atoms with Gasteiger partial charge in [-0.25, -0.2) is 4.79 Å². The number of hydrogen-bond donors (Lipinski definition) is 3. The summed E-state index contributed by atoms with van der Waals surface area (Å²) in [6, 6.07) is -1.52. The van der Waals surface area contributed by atoms with Crippen LogP contribution in [0.5, 0.6) is 0 Å². The molecular formula is C10H13N3O4. The lowest BCUT2D eigenvalue weighted by Crippen LogP contribution is -2.59. The summed E-state index contributed by atoms with van der Waals surface area (Å²) in [7, 11) is 0. The molecule has 1 rings (SSSR count). The van der Waals surface area contributed by atoms with E-state index >= 15 is 0 Å². The fraction of sp³-hybridized carbons (Fsp3) is 0.500. The van der Waals surface area contributed by atoms with Crippen LogP contribution in [0.25, 0.3) is 0 Å². The van der Waals surface area contributed by atoms with E-state index in [1.54, 1.807) is 0 Å². The van der Waals surface area contributed by atoms with Crippen LogP contribution in [0, 0.1) is 12.3 Å². The van der Waals surface area contributed by atoms with E-state index < -0.39 is 30.0 Å². The number of nitrogens with zero attached hydrogens (tertiary/aromatic N) is 1. The van der Waals surface area contributed by atoms with Gasteiger partial charge in [-0.15, -0.1) is 6.42 Å². The van der Waals surface area contributed by atoms with Crippen LogP contribution in [0.3, 0.4) is 0 Å². The topological polar surface area (TPSA) is 113 Å². The molecule has 4 N–H and O–H groups in total. The number of carboxylic acid groups (broad SMARTS) is 1. The Labute approximate surface area is 97.9 Å². The van der Waals surface area contributed by atoms with Gasteiger partial charge in [0.1, 0.15) is 6.04 Å². The predicted octanol–water partition coefficient (Wildman–Crippen LogP) is -1.27. The summed E-state index contributed by atoms with van der Waals surface area (Å²) < 4.78 is 0. The second-order valence-corrected chi connectivity index (χ2v) is 3.68. The quantitative estimate of drug-likeness (QED) is 0.531. The zero-order chi connectivity index (χ0) is 13.0. The van der Waals surface area contributed by atoms with Crippen molar-refractivity contribution in [3.8, 4) is 12.3 Å². The van der Waals surface area contributed by atoms with E-state index in [-0.39, 0.29) is 6.42 Å². The van der Waals surface area contributed by atoms with Gasteiger partial charge >= 0.3 is 6.09 Å².